The zero-order valence-corrected chi connectivity index (χ0v) is 50.1. The minimum absolute atomic E-state index is 0.0945. The Morgan fingerprint density at radius 3 is 0.782 bits per heavy atom. The first-order valence-electron chi connectivity index (χ1n) is 31.5. The Morgan fingerprint density at radius 2 is 0.500 bits per heavy atom. The first kappa shape index (κ1) is 73.0. The van der Waals surface area contributed by atoms with Gasteiger partial charge in [0.15, 0.2) is 6.10 Å². The molecule has 0 aliphatic heterocycles. The molecule has 0 amide bonds. The molecule has 0 heterocycles. The fourth-order valence-electron chi connectivity index (χ4n) is 8.13. The second-order valence-corrected chi connectivity index (χ2v) is 20.2. The van der Waals surface area contributed by atoms with Crippen LogP contribution < -0.4 is 0 Å². The second kappa shape index (κ2) is 64.6. The van der Waals surface area contributed by atoms with Gasteiger partial charge in [-0.1, -0.05) is 269 Å². The zero-order valence-electron chi connectivity index (χ0n) is 50.1. The Kier molecular flexibility index (Phi) is 60.4. The number of unbranched alkanes of at least 4 members (excludes halogenated alkanes) is 18. The summed E-state index contributed by atoms with van der Waals surface area (Å²) in [5, 5.41) is 0. The van der Waals surface area contributed by atoms with Gasteiger partial charge in [-0.15, -0.1) is 0 Å². The van der Waals surface area contributed by atoms with Crippen molar-refractivity contribution >= 4 is 17.9 Å². The molecule has 0 rings (SSSR count). The molecule has 0 aromatic heterocycles. The molecule has 0 aliphatic rings. The highest BCUT2D eigenvalue weighted by molar-refractivity contribution is 5.71. The van der Waals surface area contributed by atoms with E-state index in [4.69, 9.17) is 14.2 Å². The van der Waals surface area contributed by atoms with Crippen LogP contribution in [-0.2, 0) is 28.6 Å². The van der Waals surface area contributed by atoms with E-state index in [0.717, 1.165) is 161 Å². The molecule has 0 bridgehead atoms. The highest BCUT2D eigenvalue weighted by Gasteiger charge is 2.19. The molecule has 6 heteroatoms. The maximum atomic E-state index is 12.8. The lowest BCUT2D eigenvalue weighted by Gasteiger charge is -2.18. The third-order valence-corrected chi connectivity index (χ3v) is 12.8. The zero-order chi connectivity index (χ0) is 56.4. The summed E-state index contributed by atoms with van der Waals surface area (Å²) in [6.07, 6.45) is 94.2. The minimum Gasteiger partial charge on any atom is -0.462 e. The van der Waals surface area contributed by atoms with E-state index < -0.39 is 6.10 Å². The Bertz CT molecular complexity index is 1760. The minimum atomic E-state index is -0.797. The monoisotopic (exact) mass is 1070 g/mol. The molecule has 6 nitrogen and oxygen atoms in total. The molecular weight excluding hydrogens is 961 g/mol. The van der Waals surface area contributed by atoms with Gasteiger partial charge in [0.1, 0.15) is 13.2 Å². The number of allylic oxidation sites excluding steroid dienone is 26. The van der Waals surface area contributed by atoms with E-state index >= 15 is 0 Å². The summed E-state index contributed by atoms with van der Waals surface area (Å²) in [5.74, 6) is -0.941. The molecule has 0 fully saturated rings. The molecule has 1 atom stereocenters. The summed E-state index contributed by atoms with van der Waals surface area (Å²) in [5.41, 5.74) is 0. The Hall–Kier alpha value is -4.97. The van der Waals surface area contributed by atoms with Crippen molar-refractivity contribution in [3.63, 3.8) is 0 Å². The largest absolute Gasteiger partial charge is 0.462 e. The topological polar surface area (TPSA) is 78.9 Å². The molecule has 438 valence electrons. The van der Waals surface area contributed by atoms with Crippen LogP contribution in [0.4, 0.5) is 0 Å². The Balaban J connectivity index is 4.22. The van der Waals surface area contributed by atoms with E-state index in [1.165, 1.54) is 57.8 Å². The summed E-state index contributed by atoms with van der Waals surface area (Å²) in [6, 6.07) is 0. The van der Waals surface area contributed by atoms with Gasteiger partial charge in [0, 0.05) is 19.3 Å². The molecule has 0 aliphatic carbocycles. The van der Waals surface area contributed by atoms with E-state index in [1.54, 1.807) is 0 Å². The predicted octanol–water partition coefficient (Wildman–Crippen LogP) is 21.7. The van der Waals surface area contributed by atoms with Gasteiger partial charge in [0.05, 0.1) is 0 Å². The summed E-state index contributed by atoms with van der Waals surface area (Å²) >= 11 is 0. The van der Waals surface area contributed by atoms with Crippen LogP contribution >= 0.6 is 0 Å². The molecule has 0 saturated heterocycles. The highest BCUT2D eigenvalue weighted by Crippen LogP contribution is 2.14. The molecule has 0 radical (unpaired) electrons. The van der Waals surface area contributed by atoms with Crippen LogP contribution in [0.5, 0.6) is 0 Å². The summed E-state index contributed by atoms with van der Waals surface area (Å²) in [4.78, 5) is 38.0. The fourth-order valence-corrected chi connectivity index (χ4v) is 8.13. The predicted molar refractivity (Wildman–Crippen MR) is 338 cm³/mol. The van der Waals surface area contributed by atoms with Crippen molar-refractivity contribution in [1.29, 1.82) is 0 Å². The van der Waals surface area contributed by atoms with Gasteiger partial charge in [0.2, 0.25) is 0 Å². The summed E-state index contributed by atoms with van der Waals surface area (Å²) in [6.45, 7) is 6.32. The van der Waals surface area contributed by atoms with Crippen molar-refractivity contribution in [2.75, 3.05) is 13.2 Å². The van der Waals surface area contributed by atoms with Gasteiger partial charge >= 0.3 is 17.9 Å². The van der Waals surface area contributed by atoms with E-state index in [0.29, 0.717) is 19.3 Å². The fraction of sp³-hybridized carbons (Fsp3) is 0.597. The SMILES string of the molecule is CC/C=C\C/C=C\C/C=C\C/C=C\C/C=C\C/C=C\C/C=C\C/C=C\CCCCCCC(=O)OCC(COC(=O)CCCCCCCC)OC(=O)CCCCCCCCCCC/C=C\C/C=C\C/C=C\C/C=C\C/C=C\CC. The number of esters is 3. The lowest BCUT2D eigenvalue weighted by molar-refractivity contribution is -0.167. The molecule has 0 saturated carbocycles. The van der Waals surface area contributed by atoms with Gasteiger partial charge in [0.25, 0.3) is 0 Å². The van der Waals surface area contributed by atoms with Crippen molar-refractivity contribution < 1.29 is 28.6 Å². The van der Waals surface area contributed by atoms with Gasteiger partial charge in [-0.25, -0.2) is 0 Å². The lowest BCUT2D eigenvalue weighted by atomic mass is 10.1. The van der Waals surface area contributed by atoms with Gasteiger partial charge in [-0.2, -0.15) is 0 Å². The van der Waals surface area contributed by atoms with E-state index in [-0.39, 0.29) is 31.1 Å². The molecular formula is C72H114O6. The van der Waals surface area contributed by atoms with E-state index in [9.17, 15) is 14.4 Å². The number of ether oxygens (including phenoxy) is 3. The molecule has 0 aromatic carbocycles. The number of carbonyl (C=O) groups is 3. The van der Waals surface area contributed by atoms with Crippen LogP contribution in [0.15, 0.2) is 158 Å². The van der Waals surface area contributed by atoms with Crippen molar-refractivity contribution in [3.05, 3.63) is 158 Å². The van der Waals surface area contributed by atoms with Crippen LogP contribution in [0.3, 0.4) is 0 Å². The van der Waals surface area contributed by atoms with Gasteiger partial charge in [-0.3, -0.25) is 14.4 Å². The normalized spacial score (nSPS) is 13.2. The lowest BCUT2D eigenvalue weighted by Crippen LogP contribution is -2.30. The van der Waals surface area contributed by atoms with Gasteiger partial charge < -0.3 is 14.2 Å². The molecule has 0 N–H and O–H groups in total. The van der Waals surface area contributed by atoms with Crippen LogP contribution in [-0.4, -0.2) is 37.2 Å². The standard InChI is InChI=1S/C72H114O6/c1-4-7-10-13-16-18-20-22-24-26-28-30-32-34-35-36-37-39-40-42-44-46-48-50-52-54-56-59-62-65-71(74)77-68-69(67-76-70(73)64-61-58-15-12-9-6-3)78-72(75)66-63-60-57-55-53-51-49-47-45-43-41-38-33-31-29-27-25-23-21-19-17-14-11-8-5-2/h7-8,10-11,16-19,22-25,28-31,34-35,37-39,41-42,44,48,50,69H,4-6,9,12-15,20-21,26-27,32-33,36,40,43,45-47,49,51-68H2,1-3H3/b10-7-,11-8-,18-16-,19-17-,24-22-,25-23-,30-28-,31-29-,35-34-,39-37-,41-38-,44-42-,50-48-. The third-order valence-electron chi connectivity index (χ3n) is 12.8. The van der Waals surface area contributed by atoms with E-state index in [1.807, 2.05) is 0 Å². The Morgan fingerprint density at radius 1 is 0.269 bits per heavy atom. The van der Waals surface area contributed by atoms with Crippen LogP contribution in [0.2, 0.25) is 0 Å². The number of rotatable bonds is 55. The van der Waals surface area contributed by atoms with E-state index in [2.05, 4.69) is 179 Å². The average Bonchev–Trinajstić information content (AvgIpc) is 3.44. The van der Waals surface area contributed by atoms with Crippen molar-refractivity contribution in [2.45, 2.75) is 264 Å². The first-order chi connectivity index (χ1) is 38.5. The number of hydrogen-bond acceptors (Lipinski definition) is 6. The number of hydrogen-bond donors (Lipinski definition) is 0. The van der Waals surface area contributed by atoms with Crippen LogP contribution in [0.25, 0.3) is 0 Å². The number of carbonyl (C=O) groups excluding carboxylic acids is 3. The maximum Gasteiger partial charge on any atom is 0.306 e. The smallest absolute Gasteiger partial charge is 0.306 e. The molecule has 0 aromatic rings. The first-order valence-corrected chi connectivity index (χ1v) is 31.5. The van der Waals surface area contributed by atoms with Crippen molar-refractivity contribution in [1.82, 2.24) is 0 Å². The second-order valence-electron chi connectivity index (χ2n) is 20.2. The van der Waals surface area contributed by atoms with Crippen molar-refractivity contribution in [3.8, 4) is 0 Å². The van der Waals surface area contributed by atoms with Crippen LogP contribution in [0.1, 0.15) is 258 Å². The Labute approximate surface area is 480 Å². The highest BCUT2D eigenvalue weighted by atomic mass is 16.6. The third kappa shape index (κ3) is 61.9. The average molecular weight is 1080 g/mol. The molecule has 0 spiro atoms. The summed E-state index contributed by atoms with van der Waals surface area (Å²) in [7, 11) is 0. The summed E-state index contributed by atoms with van der Waals surface area (Å²) < 4.78 is 16.8. The van der Waals surface area contributed by atoms with Crippen molar-refractivity contribution in [2.24, 2.45) is 0 Å². The molecule has 78 heavy (non-hydrogen) atoms. The quantitative estimate of drug-likeness (QED) is 0.0261. The van der Waals surface area contributed by atoms with Gasteiger partial charge in [-0.05, 0) is 128 Å². The molecule has 1 unspecified atom stereocenters. The maximum absolute atomic E-state index is 12.8. The van der Waals surface area contributed by atoms with Crippen LogP contribution in [0, 0.1) is 0 Å².